The number of aliphatic hydroxyl groups excluding tert-OH is 1. The number of carbonyl (C=O) groups is 1. The first-order valence-electron chi connectivity index (χ1n) is 6.19. The van der Waals surface area contributed by atoms with Crippen molar-refractivity contribution in [3.05, 3.63) is 23.6 Å². The summed E-state index contributed by atoms with van der Waals surface area (Å²) in [6.45, 7) is 4.51. The molecule has 0 saturated carbocycles. The van der Waals surface area contributed by atoms with Crippen LogP contribution in [0.15, 0.2) is 23.6 Å². The zero-order chi connectivity index (χ0) is 13.8. The van der Waals surface area contributed by atoms with Gasteiger partial charge in [0.2, 0.25) is 5.91 Å². The highest BCUT2D eigenvalue weighted by molar-refractivity contribution is 5.75. The molecule has 1 amide bonds. The van der Waals surface area contributed by atoms with E-state index < -0.39 is 0 Å². The van der Waals surface area contributed by atoms with Gasteiger partial charge < -0.3 is 20.5 Å². The number of allylic oxidation sites excluding steroid dienone is 4. The van der Waals surface area contributed by atoms with E-state index >= 15 is 0 Å². The molecule has 0 aliphatic carbocycles. The topological polar surface area (TPSA) is 70.6 Å². The van der Waals surface area contributed by atoms with Gasteiger partial charge in [-0.2, -0.15) is 0 Å². The lowest BCUT2D eigenvalue weighted by molar-refractivity contribution is -0.122. The highest BCUT2D eigenvalue weighted by Gasteiger charge is 2.00. The molecule has 104 valence electrons. The lowest BCUT2D eigenvalue weighted by Crippen LogP contribution is -2.27. The molecule has 3 N–H and O–H groups in total. The van der Waals surface area contributed by atoms with Crippen LogP contribution in [0, 0.1) is 0 Å². The van der Waals surface area contributed by atoms with Gasteiger partial charge in [-0.15, -0.1) is 0 Å². The zero-order valence-corrected chi connectivity index (χ0v) is 11.5. The summed E-state index contributed by atoms with van der Waals surface area (Å²) in [6.07, 6.45) is 5.06. The van der Waals surface area contributed by atoms with Crippen molar-refractivity contribution in [1.82, 2.24) is 10.6 Å². The molecule has 0 aromatic carbocycles. The molecule has 0 aromatic heterocycles. The molecule has 0 bridgehead atoms. The minimum atomic E-state index is -0.114. The maximum atomic E-state index is 11.2. The van der Waals surface area contributed by atoms with Crippen molar-refractivity contribution < 1.29 is 14.6 Å². The van der Waals surface area contributed by atoms with Crippen LogP contribution in [0.25, 0.3) is 0 Å². The van der Waals surface area contributed by atoms with E-state index in [9.17, 15) is 4.79 Å². The predicted octanol–water partition coefficient (Wildman–Crippen LogP) is 0.919. The van der Waals surface area contributed by atoms with E-state index in [1.54, 1.807) is 0 Å². The quantitative estimate of drug-likeness (QED) is 0.424. The van der Waals surface area contributed by atoms with Crippen molar-refractivity contribution >= 4 is 5.91 Å². The Hall–Kier alpha value is -1.49. The van der Waals surface area contributed by atoms with Crippen molar-refractivity contribution in [2.24, 2.45) is 0 Å². The summed E-state index contributed by atoms with van der Waals surface area (Å²) in [4.78, 5) is 11.2. The maximum Gasteiger partial charge on any atom is 0.223 e. The Balaban J connectivity index is 3.89. The van der Waals surface area contributed by atoms with E-state index in [2.05, 4.69) is 17.6 Å². The maximum absolute atomic E-state index is 11.2. The molecule has 0 radical (unpaired) electrons. The summed E-state index contributed by atoms with van der Waals surface area (Å²) >= 11 is 0. The van der Waals surface area contributed by atoms with Gasteiger partial charge in [-0.05, 0) is 25.5 Å². The van der Waals surface area contributed by atoms with E-state index in [4.69, 9.17) is 9.84 Å². The third kappa shape index (κ3) is 8.64. The molecule has 0 saturated heterocycles. The van der Waals surface area contributed by atoms with E-state index in [-0.39, 0.29) is 12.5 Å². The summed E-state index contributed by atoms with van der Waals surface area (Å²) in [5.41, 5.74) is 1.12. The van der Waals surface area contributed by atoms with Crippen LogP contribution in [0.1, 0.15) is 26.7 Å². The van der Waals surface area contributed by atoms with Crippen molar-refractivity contribution in [2.75, 3.05) is 26.8 Å². The lowest BCUT2D eigenvalue weighted by atomic mass is 10.3. The highest BCUT2D eigenvalue weighted by Crippen LogP contribution is 2.01. The van der Waals surface area contributed by atoms with Crippen LogP contribution >= 0.6 is 0 Å². The Labute approximate surface area is 109 Å². The highest BCUT2D eigenvalue weighted by atomic mass is 16.5. The molecule has 0 atom stereocenters. The molecule has 0 fully saturated rings. The van der Waals surface area contributed by atoms with E-state index in [1.807, 2.05) is 26.1 Å². The molecule has 0 rings (SSSR count). The second-order valence-electron chi connectivity index (χ2n) is 3.74. The third-order valence-electron chi connectivity index (χ3n) is 2.31. The number of ether oxygens (including phenoxy) is 1. The van der Waals surface area contributed by atoms with Gasteiger partial charge in [0, 0.05) is 19.3 Å². The molecule has 0 aromatic rings. The summed E-state index contributed by atoms with van der Waals surface area (Å²) in [7, 11) is 1.88. The molecule has 18 heavy (non-hydrogen) atoms. The van der Waals surface area contributed by atoms with Gasteiger partial charge >= 0.3 is 0 Å². The normalized spacial score (nSPS) is 12.2. The molecule has 0 heterocycles. The molecule has 5 nitrogen and oxygen atoms in total. The average Bonchev–Trinajstić information content (AvgIpc) is 2.37. The Morgan fingerprint density at radius 1 is 1.39 bits per heavy atom. The number of hydrogen-bond donors (Lipinski definition) is 3. The van der Waals surface area contributed by atoms with Gasteiger partial charge in [-0.1, -0.05) is 6.92 Å². The molecule has 5 heteroatoms. The average molecular weight is 256 g/mol. The second-order valence-corrected chi connectivity index (χ2v) is 3.74. The van der Waals surface area contributed by atoms with Crippen LogP contribution in [-0.2, 0) is 9.53 Å². The fraction of sp³-hybridized carbons (Fsp3) is 0.615. The summed E-state index contributed by atoms with van der Waals surface area (Å²) in [5, 5.41) is 14.2. The number of nitrogens with one attached hydrogen (secondary N) is 2. The number of aliphatic hydroxyl groups is 1. The van der Waals surface area contributed by atoms with Crippen LogP contribution in [0.3, 0.4) is 0 Å². The molecule has 0 aliphatic heterocycles. The molecule has 0 aliphatic rings. The fourth-order valence-electron chi connectivity index (χ4n) is 1.23. The van der Waals surface area contributed by atoms with E-state index in [0.29, 0.717) is 19.6 Å². The summed E-state index contributed by atoms with van der Waals surface area (Å²) < 4.78 is 5.40. The minimum Gasteiger partial charge on any atom is -0.498 e. The van der Waals surface area contributed by atoms with Crippen LogP contribution in [0.2, 0.25) is 0 Å². The fourth-order valence-corrected chi connectivity index (χ4v) is 1.23. The molecular weight excluding hydrogens is 232 g/mol. The van der Waals surface area contributed by atoms with Crippen LogP contribution in [0.4, 0.5) is 0 Å². The number of carbonyl (C=O) groups excluding carboxylic acids is 1. The van der Waals surface area contributed by atoms with Crippen LogP contribution < -0.4 is 10.6 Å². The zero-order valence-electron chi connectivity index (χ0n) is 11.5. The van der Waals surface area contributed by atoms with Crippen molar-refractivity contribution in [2.45, 2.75) is 26.7 Å². The van der Waals surface area contributed by atoms with Gasteiger partial charge in [0.25, 0.3) is 0 Å². The van der Waals surface area contributed by atoms with Crippen molar-refractivity contribution in [3.8, 4) is 0 Å². The summed E-state index contributed by atoms with van der Waals surface area (Å²) in [6, 6.07) is 0. The third-order valence-corrected chi connectivity index (χ3v) is 2.31. The first kappa shape index (κ1) is 16.5. The van der Waals surface area contributed by atoms with Crippen LogP contribution in [-0.4, -0.2) is 37.8 Å². The smallest absolute Gasteiger partial charge is 0.223 e. The Bertz CT molecular complexity index is 293. The van der Waals surface area contributed by atoms with Gasteiger partial charge in [0.15, 0.2) is 0 Å². The Morgan fingerprint density at radius 3 is 2.67 bits per heavy atom. The largest absolute Gasteiger partial charge is 0.498 e. The van der Waals surface area contributed by atoms with Gasteiger partial charge in [0.1, 0.15) is 0 Å². The van der Waals surface area contributed by atoms with E-state index in [0.717, 1.165) is 17.9 Å². The lowest BCUT2D eigenvalue weighted by Gasteiger charge is -2.06. The van der Waals surface area contributed by atoms with Crippen LogP contribution in [0.5, 0.6) is 0 Å². The number of rotatable bonds is 9. The van der Waals surface area contributed by atoms with Gasteiger partial charge in [-0.25, -0.2) is 0 Å². The number of amides is 1. The first-order valence-corrected chi connectivity index (χ1v) is 6.19. The molecule has 0 spiro atoms. The van der Waals surface area contributed by atoms with Crippen molar-refractivity contribution in [1.29, 1.82) is 0 Å². The Kier molecular flexibility index (Phi) is 9.77. The van der Waals surface area contributed by atoms with Gasteiger partial charge in [0.05, 0.1) is 25.4 Å². The first-order chi connectivity index (χ1) is 8.63. The minimum absolute atomic E-state index is 0.0415. The summed E-state index contributed by atoms with van der Waals surface area (Å²) in [5.74, 6) is 0.656. The molecular formula is C13H24N2O3. The monoisotopic (exact) mass is 256 g/mol. The second kappa shape index (κ2) is 10.7. The standard InChI is InChI=1S/C13H24N2O3/c1-4-12(14-3)6-5-11(2)18-10-7-13(17)15-8-9-16/h5-6,14,16H,4,7-10H2,1-3H3,(H,15,17)/b11-5+,12-6+. The van der Waals surface area contributed by atoms with E-state index in [1.165, 1.54) is 0 Å². The predicted molar refractivity (Wildman–Crippen MR) is 71.9 cm³/mol. The molecule has 0 unspecified atom stereocenters. The van der Waals surface area contributed by atoms with Gasteiger partial charge in [-0.3, -0.25) is 4.79 Å². The Morgan fingerprint density at radius 2 is 2.11 bits per heavy atom. The number of hydrogen-bond acceptors (Lipinski definition) is 4. The van der Waals surface area contributed by atoms with Crippen molar-refractivity contribution in [3.63, 3.8) is 0 Å². The SMILES string of the molecule is CC/C(=C\C=C(/C)OCCC(=O)NCCO)NC.